The molecule has 1 nitrogen and oxygen atoms in total. The maximum Gasteiger partial charge on any atom is 0.0409 e. The van der Waals surface area contributed by atoms with Crippen LogP contribution in [0.4, 0.5) is 0 Å². The number of hydrogen-bond donors (Lipinski definition) is 1. The zero-order chi connectivity index (χ0) is 9.54. The number of benzene rings is 1. The third kappa shape index (κ3) is 1.55. The van der Waals surface area contributed by atoms with E-state index >= 15 is 0 Å². The molecule has 0 aliphatic heterocycles. The Bertz CT molecular complexity index is 357. The molecule has 1 saturated carbocycles. The van der Waals surface area contributed by atoms with Crippen LogP contribution in [-0.4, -0.2) is 6.04 Å². The van der Waals surface area contributed by atoms with Crippen molar-refractivity contribution in [3.05, 3.63) is 34.3 Å². The molecule has 0 saturated heterocycles. The molecular formula is C12H14ClN. The van der Waals surface area contributed by atoms with Crippen LogP contribution in [0.25, 0.3) is 0 Å². The van der Waals surface area contributed by atoms with Crippen LogP contribution in [0.5, 0.6) is 0 Å². The van der Waals surface area contributed by atoms with Gasteiger partial charge in [0.15, 0.2) is 0 Å². The fourth-order valence-electron chi connectivity index (χ4n) is 2.28. The fraction of sp³-hybridized carbons (Fsp3) is 0.500. The summed E-state index contributed by atoms with van der Waals surface area (Å²) in [5, 5.41) is 4.55. The van der Waals surface area contributed by atoms with Gasteiger partial charge in [-0.05, 0) is 48.9 Å². The van der Waals surface area contributed by atoms with Gasteiger partial charge < -0.3 is 5.32 Å². The molecule has 0 aromatic heterocycles. The standard InChI is InChI=1S/C12H14ClN/c13-9-3-1-8-2-6-12(11(8)7-9)14-10-4-5-10/h1,3,7,10,12,14H,2,4-6H2. The Morgan fingerprint density at radius 1 is 1.21 bits per heavy atom. The van der Waals surface area contributed by atoms with Gasteiger partial charge >= 0.3 is 0 Å². The highest BCUT2D eigenvalue weighted by molar-refractivity contribution is 6.30. The predicted molar refractivity (Wildman–Crippen MR) is 58.7 cm³/mol. The zero-order valence-electron chi connectivity index (χ0n) is 8.09. The smallest absolute Gasteiger partial charge is 0.0409 e. The van der Waals surface area contributed by atoms with E-state index in [1.807, 2.05) is 6.07 Å². The number of rotatable bonds is 2. The predicted octanol–water partition coefficient (Wildman–Crippen LogP) is 3.08. The minimum Gasteiger partial charge on any atom is -0.307 e. The van der Waals surface area contributed by atoms with Crippen molar-refractivity contribution in [2.45, 2.75) is 37.8 Å². The fourth-order valence-corrected chi connectivity index (χ4v) is 2.46. The van der Waals surface area contributed by atoms with Crippen molar-refractivity contribution in [3.8, 4) is 0 Å². The lowest BCUT2D eigenvalue weighted by atomic mass is 10.1. The normalized spacial score (nSPS) is 25.1. The van der Waals surface area contributed by atoms with E-state index in [2.05, 4.69) is 17.4 Å². The Morgan fingerprint density at radius 3 is 2.86 bits per heavy atom. The molecule has 2 aliphatic carbocycles. The quantitative estimate of drug-likeness (QED) is 0.786. The van der Waals surface area contributed by atoms with Crippen molar-refractivity contribution in [1.29, 1.82) is 0 Å². The van der Waals surface area contributed by atoms with Crippen LogP contribution in [0.2, 0.25) is 5.02 Å². The van der Waals surface area contributed by atoms with E-state index in [0.29, 0.717) is 6.04 Å². The highest BCUT2D eigenvalue weighted by Crippen LogP contribution is 2.35. The molecule has 2 aliphatic rings. The summed E-state index contributed by atoms with van der Waals surface area (Å²) >= 11 is 6.01. The Labute approximate surface area is 89.5 Å². The van der Waals surface area contributed by atoms with Crippen LogP contribution >= 0.6 is 11.6 Å². The minimum atomic E-state index is 0.566. The lowest BCUT2D eigenvalue weighted by molar-refractivity contribution is 0.527. The number of fused-ring (bicyclic) bond motifs is 1. The van der Waals surface area contributed by atoms with Gasteiger partial charge in [-0.15, -0.1) is 0 Å². The summed E-state index contributed by atoms with van der Waals surface area (Å²) in [5.74, 6) is 0. The summed E-state index contributed by atoms with van der Waals surface area (Å²) in [6.45, 7) is 0. The van der Waals surface area contributed by atoms with E-state index in [1.54, 1.807) is 0 Å². The van der Waals surface area contributed by atoms with Gasteiger partial charge in [-0.3, -0.25) is 0 Å². The largest absolute Gasteiger partial charge is 0.307 e. The molecule has 1 unspecified atom stereocenters. The van der Waals surface area contributed by atoms with Gasteiger partial charge in [-0.25, -0.2) is 0 Å². The molecule has 1 fully saturated rings. The van der Waals surface area contributed by atoms with Crippen molar-refractivity contribution in [2.75, 3.05) is 0 Å². The molecule has 14 heavy (non-hydrogen) atoms. The van der Waals surface area contributed by atoms with Crippen LogP contribution in [0.15, 0.2) is 18.2 Å². The molecule has 0 amide bonds. The highest BCUT2D eigenvalue weighted by atomic mass is 35.5. The van der Waals surface area contributed by atoms with Crippen LogP contribution in [0.1, 0.15) is 36.4 Å². The molecule has 74 valence electrons. The van der Waals surface area contributed by atoms with Gasteiger partial charge in [0, 0.05) is 17.1 Å². The third-order valence-electron chi connectivity index (χ3n) is 3.20. The van der Waals surface area contributed by atoms with Gasteiger partial charge in [0.2, 0.25) is 0 Å². The Balaban J connectivity index is 1.87. The first kappa shape index (κ1) is 8.75. The molecule has 0 bridgehead atoms. The van der Waals surface area contributed by atoms with Crippen molar-refractivity contribution in [3.63, 3.8) is 0 Å². The lowest BCUT2D eigenvalue weighted by Gasteiger charge is -2.13. The molecule has 2 heteroatoms. The van der Waals surface area contributed by atoms with Crippen molar-refractivity contribution < 1.29 is 0 Å². The van der Waals surface area contributed by atoms with Crippen molar-refractivity contribution >= 4 is 11.6 Å². The molecule has 0 spiro atoms. The first-order valence-electron chi connectivity index (χ1n) is 5.37. The Morgan fingerprint density at radius 2 is 2.07 bits per heavy atom. The van der Waals surface area contributed by atoms with E-state index in [9.17, 15) is 0 Å². The number of halogens is 1. The summed E-state index contributed by atoms with van der Waals surface area (Å²) in [7, 11) is 0. The minimum absolute atomic E-state index is 0.566. The van der Waals surface area contributed by atoms with E-state index in [1.165, 1.54) is 36.8 Å². The molecule has 0 heterocycles. The van der Waals surface area contributed by atoms with Crippen LogP contribution in [-0.2, 0) is 6.42 Å². The second-order valence-corrected chi connectivity index (χ2v) is 4.81. The summed E-state index contributed by atoms with van der Waals surface area (Å²) < 4.78 is 0. The maximum absolute atomic E-state index is 6.01. The monoisotopic (exact) mass is 207 g/mol. The summed E-state index contributed by atoms with van der Waals surface area (Å²) in [6.07, 6.45) is 5.15. The van der Waals surface area contributed by atoms with Gasteiger partial charge in [0.1, 0.15) is 0 Å². The number of aryl methyl sites for hydroxylation is 1. The number of nitrogens with one attached hydrogen (secondary N) is 1. The molecule has 1 aromatic rings. The van der Waals surface area contributed by atoms with Crippen molar-refractivity contribution in [2.24, 2.45) is 0 Å². The van der Waals surface area contributed by atoms with Crippen molar-refractivity contribution in [1.82, 2.24) is 5.32 Å². The lowest BCUT2D eigenvalue weighted by Crippen LogP contribution is -2.21. The average Bonchev–Trinajstić information content (AvgIpc) is 2.90. The van der Waals surface area contributed by atoms with E-state index in [4.69, 9.17) is 11.6 Å². The first-order chi connectivity index (χ1) is 6.83. The SMILES string of the molecule is Clc1ccc2c(c1)C(NC1CC1)CC2. The zero-order valence-corrected chi connectivity index (χ0v) is 8.85. The van der Waals surface area contributed by atoms with Gasteiger partial charge in [-0.2, -0.15) is 0 Å². The molecule has 0 radical (unpaired) electrons. The van der Waals surface area contributed by atoms with E-state index < -0.39 is 0 Å². The molecule has 1 atom stereocenters. The van der Waals surface area contributed by atoms with Gasteiger partial charge in [-0.1, -0.05) is 17.7 Å². The van der Waals surface area contributed by atoms with Crippen LogP contribution in [0, 0.1) is 0 Å². The highest BCUT2D eigenvalue weighted by Gasteiger charge is 2.29. The average molecular weight is 208 g/mol. The second-order valence-electron chi connectivity index (χ2n) is 4.38. The first-order valence-corrected chi connectivity index (χ1v) is 5.75. The summed E-state index contributed by atoms with van der Waals surface area (Å²) in [5.41, 5.74) is 2.91. The molecule has 1 N–H and O–H groups in total. The van der Waals surface area contributed by atoms with Gasteiger partial charge in [0.25, 0.3) is 0 Å². The van der Waals surface area contributed by atoms with Crippen LogP contribution in [0.3, 0.4) is 0 Å². The van der Waals surface area contributed by atoms with Crippen LogP contribution < -0.4 is 5.32 Å². The molecule has 1 aromatic carbocycles. The third-order valence-corrected chi connectivity index (χ3v) is 3.44. The second kappa shape index (κ2) is 3.25. The van der Waals surface area contributed by atoms with E-state index in [0.717, 1.165) is 11.1 Å². The topological polar surface area (TPSA) is 12.0 Å². The maximum atomic E-state index is 6.01. The summed E-state index contributed by atoms with van der Waals surface area (Å²) in [6, 6.07) is 7.65. The Hall–Kier alpha value is -0.530. The Kier molecular flexibility index (Phi) is 2.03. The van der Waals surface area contributed by atoms with E-state index in [-0.39, 0.29) is 0 Å². The molecule has 3 rings (SSSR count). The van der Waals surface area contributed by atoms with Gasteiger partial charge in [0.05, 0.1) is 0 Å². The number of hydrogen-bond acceptors (Lipinski definition) is 1. The summed E-state index contributed by atoms with van der Waals surface area (Å²) in [4.78, 5) is 0. The molecular weight excluding hydrogens is 194 g/mol.